The highest BCUT2D eigenvalue weighted by molar-refractivity contribution is 5.74. The molecule has 5 N–H and O–H groups in total. The van der Waals surface area contributed by atoms with Gasteiger partial charge in [0, 0.05) is 18.0 Å². The molecule has 0 radical (unpaired) electrons. The highest BCUT2D eigenvalue weighted by atomic mass is 16.5. The summed E-state index contributed by atoms with van der Waals surface area (Å²) in [5.41, 5.74) is 11.2. The SMILES string of the molecule is COc1ccc(O)c(C(N)CC(N)=O)c1. The molecule has 1 aromatic carbocycles. The third kappa shape index (κ3) is 2.85. The number of phenols is 1. The van der Waals surface area contributed by atoms with Crippen LogP contribution in [0.1, 0.15) is 18.0 Å². The molecule has 5 nitrogen and oxygen atoms in total. The van der Waals surface area contributed by atoms with Crippen molar-refractivity contribution in [2.75, 3.05) is 7.11 Å². The van der Waals surface area contributed by atoms with Gasteiger partial charge in [-0.2, -0.15) is 0 Å². The maximum Gasteiger partial charge on any atom is 0.219 e. The van der Waals surface area contributed by atoms with Crippen molar-refractivity contribution in [2.24, 2.45) is 11.5 Å². The Kier molecular flexibility index (Phi) is 3.51. The summed E-state index contributed by atoms with van der Waals surface area (Å²) in [5, 5.41) is 9.53. The molecule has 0 aliphatic rings. The Morgan fingerprint density at radius 3 is 2.80 bits per heavy atom. The zero-order chi connectivity index (χ0) is 11.4. The summed E-state index contributed by atoms with van der Waals surface area (Å²) in [6, 6.07) is 4.05. The van der Waals surface area contributed by atoms with Crippen LogP contribution in [0.15, 0.2) is 18.2 Å². The van der Waals surface area contributed by atoms with Crippen LogP contribution >= 0.6 is 0 Å². The van der Waals surface area contributed by atoms with Crippen molar-refractivity contribution < 1.29 is 14.6 Å². The number of nitrogens with two attached hydrogens (primary N) is 2. The zero-order valence-corrected chi connectivity index (χ0v) is 8.43. The molecule has 0 aliphatic carbocycles. The van der Waals surface area contributed by atoms with E-state index in [9.17, 15) is 9.90 Å². The van der Waals surface area contributed by atoms with Crippen molar-refractivity contribution in [1.82, 2.24) is 0 Å². The average molecular weight is 210 g/mol. The van der Waals surface area contributed by atoms with Crippen LogP contribution in [0.25, 0.3) is 0 Å². The second kappa shape index (κ2) is 4.65. The van der Waals surface area contributed by atoms with Gasteiger partial charge in [0.25, 0.3) is 0 Å². The van der Waals surface area contributed by atoms with Crippen molar-refractivity contribution in [1.29, 1.82) is 0 Å². The summed E-state index contributed by atoms with van der Waals surface area (Å²) in [4.78, 5) is 10.7. The number of aromatic hydroxyl groups is 1. The number of primary amides is 1. The summed E-state index contributed by atoms with van der Waals surface area (Å²) in [6.45, 7) is 0. The van der Waals surface area contributed by atoms with Gasteiger partial charge >= 0.3 is 0 Å². The molecule has 0 heterocycles. The molecule has 5 heteroatoms. The molecule has 1 unspecified atom stereocenters. The van der Waals surface area contributed by atoms with E-state index >= 15 is 0 Å². The minimum absolute atomic E-state index is 0.0132. The molecule has 1 rings (SSSR count). The summed E-state index contributed by atoms with van der Waals surface area (Å²) < 4.78 is 4.98. The fourth-order valence-corrected chi connectivity index (χ4v) is 1.28. The Bertz CT molecular complexity index is 366. The van der Waals surface area contributed by atoms with Gasteiger partial charge in [0.2, 0.25) is 5.91 Å². The highest BCUT2D eigenvalue weighted by Crippen LogP contribution is 2.28. The van der Waals surface area contributed by atoms with Gasteiger partial charge in [-0.15, -0.1) is 0 Å². The Balaban J connectivity index is 2.95. The minimum Gasteiger partial charge on any atom is -0.508 e. The number of carbonyl (C=O) groups is 1. The summed E-state index contributed by atoms with van der Waals surface area (Å²) in [6.07, 6.45) is -0.0132. The molecule has 0 aliphatic heterocycles. The quantitative estimate of drug-likeness (QED) is 0.664. The lowest BCUT2D eigenvalue weighted by Gasteiger charge is -2.12. The van der Waals surface area contributed by atoms with Crippen molar-refractivity contribution >= 4 is 5.91 Å². The molecule has 0 saturated heterocycles. The average Bonchev–Trinajstić information content (AvgIpc) is 2.17. The van der Waals surface area contributed by atoms with Crippen LogP contribution < -0.4 is 16.2 Å². The normalized spacial score (nSPS) is 12.1. The number of carbonyl (C=O) groups excluding carboxylic acids is 1. The Hall–Kier alpha value is -1.75. The molecular weight excluding hydrogens is 196 g/mol. The Labute approximate surface area is 87.6 Å². The standard InChI is InChI=1S/C10H14N2O3/c1-15-6-2-3-9(13)7(4-6)8(11)5-10(12)14/h2-4,8,13H,5,11H2,1H3,(H2,12,14). The molecule has 82 valence electrons. The van der Waals surface area contributed by atoms with Gasteiger partial charge in [-0.3, -0.25) is 4.79 Å². The van der Waals surface area contributed by atoms with Crippen molar-refractivity contribution in [3.63, 3.8) is 0 Å². The summed E-state index contributed by atoms with van der Waals surface area (Å²) in [5.74, 6) is 0.0944. The maximum absolute atomic E-state index is 10.7. The van der Waals surface area contributed by atoms with Crippen LogP contribution in [0.2, 0.25) is 0 Å². The second-order valence-electron chi connectivity index (χ2n) is 3.20. The van der Waals surface area contributed by atoms with Crippen LogP contribution in [0, 0.1) is 0 Å². The first-order chi connectivity index (χ1) is 7.04. The molecule has 0 saturated carbocycles. The van der Waals surface area contributed by atoms with Crippen molar-refractivity contribution in [3.8, 4) is 11.5 Å². The van der Waals surface area contributed by atoms with Gasteiger partial charge < -0.3 is 21.3 Å². The lowest BCUT2D eigenvalue weighted by atomic mass is 10.0. The van der Waals surface area contributed by atoms with E-state index < -0.39 is 11.9 Å². The lowest BCUT2D eigenvalue weighted by molar-refractivity contribution is -0.118. The number of rotatable bonds is 4. The number of amides is 1. The predicted molar refractivity (Wildman–Crippen MR) is 55.4 cm³/mol. The van der Waals surface area contributed by atoms with Crippen LogP contribution in [0.4, 0.5) is 0 Å². The number of ether oxygens (including phenoxy) is 1. The number of hydrogen-bond acceptors (Lipinski definition) is 4. The Morgan fingerprint density at radius 2 is 2.27 bits per heavy atom. The van der Waals surface area contributed by atoms with Crippen LogP contribution in [-0.2, 0) is 4.79 Å². The van der Waals surface area contributed by atoms with E-state index in [2.05, 4.69) is 0 Å². The number of phenolic OH excluding ortho intramolecular Hbond substituents is 1. The number of benzene rings is 1. The van der Waals surface area contributed by atoms with Gasteiger partial charge in [0.1, 0.15) is 11.5 Å². The maximum atomic E-state index is 10.7. The van der Waals surface area contributed by atoms with Gasteiger partial charge in [-0.05, 0) is 18.2 Å². The summed E-state index contributed by atoms with van der Waals surface area (Å²) in [7, 11) is 1.51. The highest BCUT2D eigenvalue weighted by Gasteiger charge is 2.14. The van der Waals surface area contributed by atoms with Gasteiger partial charge in [0.05, 0.1) is 7.11 Å². The molecule has 15 heavy (non-hydrogen) atoms. The van der Waals surface area contributed by atoms with Crippen molar-refractivity contribution in [3.05, 3.63) is 23.8 Å². The van der Waals surface area contributed by atoms with E-state index in [1.165, 1.54) is 13.2 Å². The first-order valence-corrected chi connectivity index (χ1v) is 4.45. The largest absolute Gasteiger partial charge is 0.508 e. The third-order valence-electron chi connectivity index (χ3n) is 2.06. The molecule has 1 amide bonds. The molecule has 0 aromatic heterocycles. The number of hydrogen-bond donors (Lipinski definition) is 3. The zero-order valence-electron chi connectivity index (χ0n) is 8.43. The van der Waals surface area contributed by atoms with Gasteiger partial charge in [-0.1, -0.05) is 0 Å². The monoisotopic (exact) mass is 210 g/mol. The van der Waals surface area contributed by atoms with E-state index in [0.717, 1.165) is 0 Å². The smallest absolute Gasteiger partial charge is 0.219 e. The molecule has 1 aromatic rings. The lowest BCUT2D eigenvalue weighted by Crippen LogP contribution is -2.20. The van der Waals surface area contributed by atoms with Crippen molar-refractivity contribution in [2.45, 2.75) is 12.5 Å². The fraction of sp³-hybridized carbons (Fsp3) is 0.300. The first kappa shape index (κ1) is 11.3. The molecule has 1 atom stereocenters. The predicted octanol–water partition coefficient (Wildman–Crippen LogP) is 0.276. The van der Waals surface area contributed by atoms with Gasteiger partial charge in [-0.25, -0.2) is 0 Å². The third-order valence-corrected chi connectivity index (χ3v) is 2.06. The van der Waals surface area contributed by atoms with E-state index in [1.807, 2.05) is 0 Å². The minimum atomic E-state index is -0.613. The van der Waals surface area contributed by atoms with E-state index in [1.54, 1.807) is 12.1 Å². The van der Waals surface area contributed by atoms with E-state index in [4.69, 9.17) is 16.2 Å². The van der Waals surface area contributed by atoms with Crippen LogP contribution in [0.3, 0.4) is 0 Å². The Morgan fingerprint density at radius 1 is 1.60 bits per heavy atom. The molecule has 0 fully saturated rings. The number of methoxy groups -OCH3 is 1. The van der Waals surface area contributed by atoms with E-state index in [0.29, 0.717) is 11.3 Å². The van der Waals surface area contributed by atoms with Crippen LogP contribution in [0.5, 0.6) is 11.5 Å². The fourth-order valence-electron chi connectivity index (χ4n) is 1.28. The summed E-state index contributed by atoms with van der Waals surface area (Å²) >= 11 is 0. The van der Waals surface area contributed by atoms with Crippen LogP contribution in [-0.4, -0.2) is 18.1 Å². The van der Waals surface area contributed by atoms with E-state index in [-0.39, 0.29) is 12.2 Å². The molecular formula is C10H14N2O3. The topological polar surface area (TPSA) is 98.6 Å². The second-order valence-corrected chi connectivity index (χ2v) is 3.20. The molecule has 0 bridgehead atoms. The molecule has 0 spiro atoms. The van der Waals surface area contributed by atoms with Gasteiger partial charge in [0.15, 0.2) is 0 Å². The first-order valence-electron chi connectivity index (χ1n) is 4.45.